The second kappa shape index (κ2) is 3.51. The predicted octanol–water partition coefficient (Wildman–Crippen LogP) is -0.367. The molecular formula is C8H13BN2O4. The van der Waals surface area contributed by atoms with Crippen molar-refractivity contribution < 1.29 is 19.4 Å². The summed E-state index contributed by atoms with van der Waals surface area (Å²) in [6.45, 7) is 1.78. The second-order valence-electron chi connectivity index (χ2n) is 3.64. The molecule has 6 nitrogen and oxygen atoms in total. The van der Waals surface area contributed by atoms with Crippen LogP contribution in [0, 0.1) is 6.92 Å². The van der Waals surface area contributed by atoms with Crippen molar-refractivity contribution in [2.45, 2.75) is 25.5 Å². The van der Waals surface area contributed by atoms with Gasteiger partial charge in [0.05, 0.1) is 6.20 Å². The van der Waals surface area contributed by atoms with Crippen LogP contribution in [-0.2, 0) is 10.5 Å². The molecule has 0 saturated heterocycles. The van der Waals surface area contributed by atoms with E-state index in [1.165, 1.54) is 0 Å². The Balaban J connectivity index is 2.31. The van der Waals surface area contributed by atoms with Crippen LogP contribution < -0.4 is 4.65 Å². The first-order valence-corrected chi connectivity index (χ1v) is 4.72. The molecule has 0 atom stereocenters. The van der Waals surface area contributed by atoms with E-state index in [9.17, 15) is 0 Å². The molecule has 7 heteroatoms. The van der Waals surface area contributed by atoms with Gasteiger partial charge in [-0.25, -0.2) is 4.68 Å². The molecule has 0 aromatic carbocycles. The molecule has 1 aliphatic rings. The maximum absolute atomic E-state index is 8.78. The van der Waals surface area contributed by atoms with E-state index >= 15 is 0 Å². The van der Waals surface area contributed by atoms with E-state index in [1.54, 1.807) is 24.9 Å². The highest BCUT2D eigenvalue weighted by atomic mass is 16.6. The lowest BCUT2D eigenvalue weighted by atomic mass is 10.2. The Morgan fingerprint density at radius 1 is 1.53 bits per heavy atom. The van der Waals surface area contributed by atoms with E-state index in [2.05, 4.69) is 5.10 Å². The highest BCUT2D eigenvalue weighted by Crippen LogP contribution is 2.46. The van der Waals surface area contributed by atoms with E-state index in [-0.39, 0.29) is 0 Å². The van der Waals surface area contributed by atoms with Crippen LogP contribution in [0.3, 0.4) is 0 Å². The quantitative estimate of drug-likeness (QED) is 0.666. The van der Waals surface area contributed by atoms with Crippen LogP contribution in [0.1, 0.15) is 18.4 Å². The molecule has 2 N–H and O–H groups in total. The van der Waals surface area contributed by atoms with Crippen molar-refractivity contribution in [3.05, 3.63) is 11.8 Å². The van der Waals surface area contributed by atoms with E-state index < -0.39 is 13.0 Å². The van der Waals surface area contributed by atoms with Gasteiger partial charge in [-0.3, -0.25) is 0 Å². The van der Waals surface area contributed by atoms with Crippen molar-refractivity contribution in [3.8, 4) is 5.88 Å². The third kappa shape index (κ3) is 1.73. The van der Waals surface area contributed by atoms with Gasteiger partial charge in [0, 0.05) is 25.5 Å². The summed E-state index contributed by atoms with van der Waals surface area (Å²) < 4.78 is 11.8. The number of aromatic nitrogens is 2. The van der Waals surface area contributed by atoms with Gasteiger partial charge in [-0.1, -0.05) is 0 Å². The fraction of sp³-hybridized carbons (Fsp3) is 0.625. The Morgan fingerprint density at radius 2 is 2.20 bits per heavy atom. The maximum atomic E-state index is 8.78. The van der Waals surface area contributed by atoms with Crippen LogP contribution in [0.15, 0.2) is 6.20 Å². The SMILES string of the molecule is COC1(n2ncc(C)c2OB(O)O)CC1. The Morgan fingerprint density at radius 3 is 2.67 bits per heavy atom. The molecule has 0 unspecified atom stereocenters. The first-order valence-electron chi connectivity index (χ1n) is 4.72. The van der Waals surface area contributed by atoms with Crippen LogP contribution in [-0.4, -0.2) is 34.3 Å². The van der Waals surface area contributed by atoms with E-state index in [0.717, 1.165) is 18.4 Å². The zero-order valence-electron chi connectivity index (χ0n) is 8.67. The molecule has 1 aliphatic carbocycles. The zero-order chi connectivity index (χ0) is 11.1. The molecule has 0 spiro atoms. The number of hydrogen-bond donors (Lipinski definition) is 2. The van der Waals surface area contributed by atoms with Gasteiger partial charge in [-0.15, -0.1) is 0 Å². The number of aryl methyl sites for hydroxylation is 1. The molecule has 1 fully saturated rings. The van der Waals surface area contributed by atoms with E-state index in [0.29, 0.717) is 5.88 Å². The standard InChI is InChI=1S/C8H13BN2O4/c1-6-5-10-11(7(6)15-9(12)13)8(14-2)3-4-8/h5,12-13H,3-4H2,1-2H3. The zero-order valence-corrected chi connectivity index (χ0v) is 8.67. The summed E-state index contributed by atoms with van der Waals surface area (Å²) in [7, 11) is -0.241. The van der Waals surface area contributed by atoms with Crippen LogP contribution in [0.4, 0.5) is 0 Å². The first-order chi connectivity index (χ1) is 7.09. The molecule has 0 amide bonds. The molecule has 0 bridgehead atoms. The molecule has 2 rings (SSSR count). The Bertz CT molecular complexity index is 362. The van der Waals surface area contributed by atoms with Crippen molar-refractivity contribution in [3.63, 3.8) is 0 Å². The number of ether oxygens (including phenoxy) is 1. The van der Waals surface area contributed by atoms with Gasteiger partial charge < -0.3 is 19.4 Å². The van der Waals surface area contributed by atoms with Crippen molar-refractivity contribution >= 4 is 7.32 Å². The van der Waals surface area contributed by atoms with Crippen LogP contribution in [0.2, 0.25) is 0 Å². The van der Waals surface area contributed by atoms with Crippen molar-refractivity contribution in [1.29, 1.82) is 0 Å². The lowest BCUT2D eigenvalue weighted by Crippen LogP contribution is -2.27. The molecule has 0 radical (unpaired) electrons. The highest BCUT2D eigenvalue weighted by molar-refractivity contribution is 6.33. The fourth-order valence-electron chi connectivity index (χ4n) is 1.56. The van der Waals surface area contributed by atoms with Crippen molar-refractivity contribution in [2.24, 2.45) is 0 Å². The number of nitrogens with zero attached hydrogens (tertiary/aromatic N) is 2. The van der Waals surface area contributed by atoms with Gasteiger partial charge in [0.15, 0.2) is 5.72 Å². The van der Waals surface area contributed by atoms with Crippen molar-refractivity contribution in [2.75, 3.05) is 7.11 Å². The van der Waals surface area contributed by atoms with Gasteiger partial charge in [-0.2, -0.15) is 5.10 Å². The summed E-state index contributed by atoms with van der Waals surface area (Å²) >= 11 is 0. The van der Waals surface area contributed by atoms with E-state index in [4.69, 9.17) is 19.4 Å². The topological polar surface area (TPSA) is 76.7 Å². The molecule has 0 aliphatic heterocycles. The predicted molar refractivity (Wildman–Crippen MR) is 52.0 cm³/mol. The van der Waals surface area contributed by atoms with Gasteiger partial charge >= 0.3 is 7.32 Å². The molecule has 1 aromatic rings. The fourth-order valence-corrected chi connectivity index (χ4v) is 1.56. The maximum Gasteiger partial charge on any atom is 0.708 e. The first kappa shape index (κ1) is 10.5. The summed E-state index contributed by atoms with van der Waals surface area (Å²) in [4.78, 5) is 0. The van der Waals surface area contributed by atoms with Crippen LogP contribution in [0.25, 0.3) is 0 Å². The van der Waals surface area contributed by atoms with Gasteiger partial charge in [0.2, 0.25) is 5.88 Å². The number of methoxy groups -OCH3 is 1. The Kier molecular flexibility index (Phi) is 2.45. The summed E-state index contributed by atoms with van der Waals surface area (Å²) in [6, 6.07) is 0. The summed E-state index contributed by atoms with van der Waals surface area (Å²) in [6.07, 6.45) is 3.31. The van der Waals surface area contributed by atoms with Gasteiger partial charge in [0.1, 0.15) is 0 Å². The highest BCUT2D eigenvalue weighted by Gasteiger charge is 2.48. The molecule has 1 saturated carbocycles. The Hall–Kier alpha value is -1.05. The lowest BCUT2D eigenvalue weighted by molar-refractivity contribution is 0.00106. The van der Waals surface area contributed by atoms with E-state index in [1.807, 2.05) is 0 Å². The molecule has 82 valence electrons. The minimum atomic E-state index is -1.84. The molecular weight excluding hydrogens is 199 g/mol. The second-order valence-corrected chi connectivity index (χ2v) is 3.64. The summed E-state index contributed by atoms with van der Waals surface area (Å²) in [5, 5.41) is 21.7. The van der Waals surface area contributed by atoms with Gasteiger partial charge in [-0.05, 0) is 6.92 Å². The smallest absolute Gasteiger partial charge is 0.498 e. The molecule has 1 heterocycles. The minimum absolute atomic E-state index is 0.337. The number of hydrogen-bond acceptors (Lipinski definition) is 5. The average Bonchev–Trinajstić information content (AvgIpc) is 2.90. The Labute approximate surface area is 87.6 Å². The molecule has 1 aromatic heterocycles. The normalized spacial score (nSPS) is 17.6. The van der Waals surface area contributed by atoms with Crippen LogP contribution >= 0.6 is 0 Å². The van der Waals surface area contributed by atoms with Gasteiger partial charge in [0.25, 0.3) is 0 Å². The largest absolute Gasteiger partial charge is 0.708 e. The third-order valence-corrected chi connectivity index (χ3v) is 2.56. The number of rotatable bonds is 4. The monoisotopic (exact) mass is 212 g/mol. The average molecular weight is 212 g/mol. The summed E-state index contributed by atoms with van der Waals surface area (Å²) in [5.74, 6) is 0.337. The minimum Gasteiger partial charge on any atom is -0.498 e. The lowest BCUT2D eigenvalue weighted by Gasteiger charge is -2.17. The van der Waals surface area contributed by atoms with Crippen LogP contribution in [0.5, 0.6) is 5.88 Å². The molecule has 15 heavy (non-hydrogen) atoms. The summed E-state index contributed by atoms with van der Waals surface area (Å²) in [5.41, 5.74) is 0.282. The van der Waals surface area contributed by atoms with Crippen molar-refractivity contribution in [1.82, 2.24) is 9.78 Å². The third-order valence-electron chi connectivity index (χ3n) is 2.56.